The van der Waals surface area contributed by atoms with Gasteiger partial charge in [0.05, 0.1) is 0 Å². The lowest BCUT2D eigenvalue weighted by Crippen LogP contribution is -2.49. The van der Waals surface area contributed by atoms with Crippen molar-refractivity contribution in [1.29, 1.82) is 0 Å². The highest BCUT2D eigenvalue weighted by molar-refractivity contribution is 5.03. The van der Waals surface area contributed by atoms with Crippen molar-refractivity contribution in [1.82, 2.24) is 5.32 Å². The average Bonchev–Trinajstić information content (AvgIpc) is 2.28. The van der Waals surface area contributed by atoms with Gasteiger partial charge in [0.1, 0.15) is 0 Å². The zero-order chi connectivity index (χ0) is 7.90. The number of rotatable bonds is 1. The van der Waals surface area contributed by atoms with Gasteiger partial charge in [-0.15, -0.1) is 0 Å². The first-order valence-electron chi connectivity index (χ1n) is 5.00. The van der Waals surface area contributed by atoms with Gasteiger partial charge in [-0.05, 0) is 38.0 Å². The first-order chi connectivity index (χ1) is 5.22. The van der Waals surface area contributed by atoms with Crippen LogP contribution in [0.25, 0.3) is 0 Å². The molecule has 1 saturated heterocycles. The molecule has 1 N–H and O–H groups in total. The molecular formula is C10H19N. The molecule has 11 heavy (non-hydrogen) atoms. The van der Waals surface area contributed by atoms with E-state index in [1.54, 1.807) is 0 Å². The van der Waals surface area contributed by atoms with Crippen LogP contribution in [0.1, 0.15) is 46.0 Å². The van der Waals surface area contributed by atoms with Crippen LogP contribution < -0.4 is 5.32 Å². The van der Waals surface area contributed by atoms with Gasteiger partial charge >= 0.3 is 0 Å². The predicted molar refractivity (Wildman–Crippen MR) is 47.6 cm³/mol. The van der Waals surface area contributed by atoms with Crippen LogP contribution in [0.3, 0.4) is 0 Å². The Kier molecular flexibility index (Phi) is 1.71. The van der Waals surface area contributed by atoms with E-state index in [1.165, 1.54) is 32.1 Å². The first-order valence-corrected chi connectivity index (χ1v) is 5.00. The molecule has 2 fully saturated rings. The summed E-state index contributed by atoms with van der Waals surface area (Å²) in [5.41, 5.74) is 0.620. The van der Waals surface area contributed by atoms with Crippen LogP contribution in [0.15, 0.2) is 0 Å². The van der Waals surface area contributed by atoms with Crippen LogP contribution in [0.4, 0.5) is 0 Å². The largest absolute Gasteiger partial charge is 0.308 e. The molecule has 1 aliphatic carbocycles. The van der Waals surface area contributed by atoms with Crippen LogP contribution in [-0.4, -0.2) is 11.6 Å². The summed E-state index contributed by atoms with van der Waals surface area (Å²) in [5.74, 6) is 0.829. The van der Waals surface area contributed by atoms with Crippen molar-refractivity contribution in [2.75, 3.05) is 0 Å². The number of nitrogens with one attached hydrogen (secondary N) is 1. The molecular weight excluding hydrogens is 134 g/mol. The SMILES string of the molecule is CC(C)C1CCC2(CCC2)N1. The highest BCUT2D eigenvalue weighted by Gasteiger charge is 2.43. The highest BCUT2D eigenvalue weighted by Crippen LogP contribution is 2.41. The van der Waals surface area contributed by atoms with E-state index in [0.29, 0.717) is 5.54 Å². The molecule has 0 aromatic rings. The molecule has 1 heteroatoms. The van der Waals surface area contributed by atoms with Crippen molar-refractivity contribution < 1.29 is 0 Å². The minimum atomic E-state index is 0.620. The second-order valence-electron chi connectivity index (χ2n) is 4.67. The lowest BCUT2D eigenvalue weighted by molar-refractivity contribution is 0.200. The second-order valence-corrected chi connectivity index (χ2v) is 4.67. The van der Waals surface area contributed by atoms with Gasteiger partial charge in [0.15, 0.2) is 0 Å². The van der Waals surface area contributed by atoms with Crippen LogP contribution in [0.2, 0.25) is 0 Å². The molecule has 0 amide bonds. The molecule has 1 spiro atoms. The van der Waals surface area contributed by atoms with Crippen molar-refractivity contribution in [3.63, 3.8) is 0 Å². The summed E-state index contributed by atoms with van der Waals surface area (Å²) in [5, 5.41) is 3.80. The van der Waals surface area contributed by atoms with E-state index in [0.717, 1.165) is 12.0 Å². The van der Waals surface area contributed by atoms with E-state index in [2.05, 4.69) is 19.2 Å². The average molecular weight is 153 g/mol. The third-order valence-corrected chi connectivity index (χ3v) is 3.54. The minimum Gasteiger partial charge on any atom is -0.308 e. The third-order valence-electron chi connectivity index (χ3n) is 3.54. The van der Waals surface area contributed by atoms with Crippen LogP contribution >= 0.6 is 0 Å². The van der Waals surface area contributed by atoms with Gasteiger partial charge in [-0.3, -0.25) is 0 Å². The zero-order valence-corrected chi connectivity index (χ0v) is 7.69. The van der Waals surface area contributed by atoms with Crippen molar-refractivity contribution in [3.8, 4) is 0 Å². The van der Waals surface area contributed by atoms with E-state index in [9.17, 15) is 0 Å². The fourth-order valence-electron chi connectivity index (χ4n) is 2.47. The summed E-state index contributed by atoms with van der Waals surface area (Å²) < 4.78 is 0. The lowest BCUT2D eigenvalue weighted by atomic mass is 9.76. The van der Waals surface area contributed by atoms with Gasteiger partial charge < -0.3 is 5.32 Å². The molecule has 0 radical (unpaired) electrons. The molecule has 2 rings (SSSR count). The fraction of sp³-hybridized carbons (Fsp3) is 1.00. The fourth-order valence-corrected chi connectivity index (χ4v) is 2.47. The van der Waals surface area contributed by atoms with E-state index in [-0.39, 0.29) is 0 Å². The van der Waals surface area contributed by atoms with Gasteiger partial charge in [-0.2, -0.15) is 0 Å². The lowest BCUT2D eigenvalue weighted by Gasteiger charge is -2.39. The molecule has 1 nitrogen and oxygen atoms in total. The minimum absolute atomic E-state index is 0.620. The molecule has 0 aromatic heterocycles. The Bertz CT molecular complexity index is 147. The summed E-state index contributed by atoms with van der Waals surface area (Å²) >= 11 is 0. The topological polar surface area (TPSA) is 12.0 Å². The third kappa shape index (κ3) is 1.20. The predicted octanol–water partition coefficient (Wildman–Crippen LogP) is 2.32. The molecule has 1 heterocycles. The van der Waals surface area contributed by atoms with E-state index in [1.807, 2.05) is 0 Å². The van der Waals surface area contributed by atoms with Crippen molar-refractivity contribution in [2.45, 2.75) is 57.5 Å². The van der Waals surface area contributed by atoms with Gasteiger partial charge in [0.25, 0.3) is 0 Å². The van der Waals surface area contributed by atoms with Crippen LogP contribution in [-0.2, 0) is 0 Å². The molecule has 1 unspecified atom stereocenters. The Balaban J connectivity index is 1.93. The van der Waals surface area contributed by atoms with E-state index >= 15 is 0 Å². The maximum Gasteiger partial charge on any atom is 0.0184 e. The van der Waals surface area contributed by atoms with Crippen molar-refractivity contribution in [2.24, 2.45) is 5.92 Å². The monoisotopic (exact) mass is 153 g/mol. The Hall–Kier alpha value is -0.0400. The highest BCUT2D eigenvalue weighted by atomic mass is 15.1. The molecule has 1 atom stereocenters. The molecule has 0 aromatic carbocycles. The summed E-state index contributed by atoms with van der Waals surface area (Å²) in [6, 6.07) is 0.815. The van der Waals surface area contributed by atoms with Gasteiger partial charge in [0.2, 0.25) is 0 Å². The Labute approximate surface area is 69.6 Å². The Morgan fingerprint density at radius 1 is 1.27 bits per heavy atom. The van der Waals surface area contributed by atoms with Gasteiger partial charge in [0, 0.05) is 11.6 Å². The molecule has 1 aliphatic heterocycles. The number of hydrogen-bond acceptors (Lipinski definition) is 1. The van der Waals surface area contributed by atoms with Crippen molar-refractivity contribution >= 4 is 0 Å². The standard InChI is InChI=1S/C10H19N/c1-8(2)9-4-7-10(11-9)5-3-6-10/h8-9,11H,3-7H2,1-2H3. The molecule has 64 valence electrons. The summed E-state index contributed by atoms with van der Waals surface area (Å²) in [6.07, 6.45) is 7.19. The van der Waals surface area contributed by atoms with Crippen molar-refractivity contribution in [3.05, 3.63) is 0 Å². The van der Waals surface area contributed by atoms with E-state index in [4.69, 9.17) is 0 Å². The molecule has 0 bridgehead atoms. The summed E-state index contributed by atoms with van der Waals surface area (Å²) in [6.45, 7) is 4.66. The zero-order valence-electron chi connectivity index (χ0n) is 7.69. The maximum atomic E-state index is 3.80. The van der Waals surface area contributed by atoms with Crippen LogP contribution in [0.5, 0.6) is 0 Å². The van der Waals surface area contributed by atoms with Gasteiger partial charge in [-0.1, -0.05) is 13.8 Å². The van der Waals surface area contributed by atoms with Gasteiger partial charge in [-0.25, -0.2) is 0 Å². The smallest absolute Gasteiger partial charge is 0.0184 e. The number of hydrogen-bond donors (Lipinski definition) is 1. The normalized spacial score (nSPS) is 34.6. The first kappa shape index (κ1) is 7.60. The quantitative estimate of drug-likeness (QED) is 0.609. The molecule has 1 saturated carbocycles. The summed E-state index contributed by atoms with van der Waals surface area (Å²) in [4.78, 5) is 0. The summed E-state index contributed by atoms with van der Waals surface area (Å²) in [7, 11) is 0. The Morgan fingerprint density at radius 3 is 2.27 bits per heavy atom. The Morgan fingerprint density at radius 2 is 2.00 bits per heavy atom. The molecule has 2 aliphatic rings. The second kappa shape index (κ2) is 2.48. The maximum absolute atomic E-state index is 3.80. The van der Waals surface area contributed by atoms with Crippen LogP contribution in [0, 0.1) is 5.92 Å². The van der Waals surface area contributed by atoms with E-state index < -0.39 is 0 Å².